The van der Waals surface area contributed by atoms with E-state index in [4.69, 9.17) is 9.47 Å². The minimum atomic E-state index is -0.351. The molecule has 0 aliphatic rings. The first-order valence-electron chi connectivity index (χ1n) is 7.82. The molecule has 0 aliphatic carbocycles. The Morgan fingerprint density at radius 2 is 1.96 bits per heavy atom. The van der Waals surface area contributed by atoms with Crippen molar-refractivity contribution in [2.75, 3.05) is 25.6 Å². The molecule has 1 aromatic carbocycles. The first-order chi connectivity index (χ1) is 12.3. The van der Waals surface area contributed by atoms with Gasteiger partial charge in [-0.2, -0.15) is 0 Å². The summed E-state index contributed by atoms with van der Waals surface area (Å²) in [7, 11) is 1.61. The van der Waals surface area contributed by atoms with Crippen molar-refractivity contribution in [1.82, 2.24) is 19.9 Å². The van der Waals surface area contributed by atoms with Gasteiger partial charge in [-0.05, 0) is 24.3 Å². The number of para-hydroxylation sites is 2. The van der Waals surface area contributed by atoms with Crippen LogP contribution in [0, 0.1) is 0 Å². The van der Waals surface area contributed by atoms with Crippen molar-refractivity contribution in [1.29, 1.82) is 0 Å². The van der Waals surface area contributed by atoms with Crippen molar-refractivity contribution in [3.63, 3.8) is 0 Å². The summed E-state index contributed by atoms with van der Waals surface area (Å²) in [6, 6.07) is 12.5. The summed E-state index contributed by atoms with van der Waals surface area (Å²) in [5, 5.41) is 13.7. The van der Waals surface area contributed by atoms with Crippen molar-refractivity contribution in [2.45, 2.75) is 6.54 Å². The van der Waals surface area contributed by atoms with Gasteiger partial charge in [0, 0.05) is 13.3 Å². The SMILES string of the molecule is COCCOc1ccccc1NC(=O)NCc1nnc2ccccn12. The lowest BCUT2D eigenvalue weighted by molar-refractivity contribution is 0.146. The van der Waals surface area contributed by atoms with Crippen molar-refractivity contribution in [2.24, 2.45) is 0 Å². The summed E-state index contributed by atoms with van der Waals surface area (Å²) in [6.45, 7) is 1.13. The molecule has 3 rings (SSSR count). The number of rotatable bonds is 7. The average molecular weight is 341 g/mol. The largest absolute Gasteiger partial charge is 0.489 e. The maximum Gasteiger partial charge on any atom is 0.319 e. The van der Waals surface area contributed by atoms with Gasteiger partial charge >= 0.3 is 6.03 Å². The third kappa shape index (κ3) is 4.24. The van der Waals surface area contributed by atoms with Gasteiger partial charge in [-0.25, -0.2) is 4.79 Å². The van der Waals surface area contributed by atoms with E-state index < -0.39 is 0 Å². The van der Waals surface area contributed by atoms with E-state index in [0.29, 0.717) is 30.5 Å². The topological polar surface area (TPSA) is 89.8 Å². The molecule has 0 saturated carbocycles. The van der Waals surface area contributed by atoms with E-state index in [1.165, 1.54) is 0 Å². The maximum atomic E-state index is 12.2. The molecule has 0 unspecified atom stereocenters. The van der Waals surface area contributed by atoms with Gasteiger partial charge in [0.1, 0.15) is 12.4 Å². The Morgan fingerprint density at radius 1 is 1.12 bits per heavy atom. The van der Waals surface area contributed by atoms with E-state index in [2.05, 4.69) is 20.8 Å². The molecule has 0 spiro atoms. The van der Waals surface area contributed by atoms with Gasteiger partial charge < -0.3 is 20.1 Å². The van der Waals surface area contributed by atoms with Gasteiger partial charge in [-0.1, -0.05) is 18.2 Å². The average Bonchev–Trinajstić information content (AvgIpc) is 3.05. The normalized spacial score (nSPS) is 10.6. The van der Waals surface area contributed by atoms with Crippen LogP contribution in [0.2, 0.25) is 0 Å². The Bertz CT molecular complexity index is 849. The minimum Gasteiger partial charge on any atom is -0.489 e. The zero-order valence-corrected chi connectivity index (χ0v) is 13.8. The summed E-state index contributed by atoms with van der Waals surface area (Å²) in [5.74, 6) is 1.23. The van der Waals surface area contributed by atoms with E-state index in [9.17, 15) is 4.79 Å². The van der Waals surface area contributed by atoms with E-state index in [-0.39, 0.29) is 12.6 Å². The van der Waals surface area contributed by atoms with Gasteiger partial charge in [0.15, 0.2) is 11.5 Å². The fraction of sp³-hybridized carbons (Fsp3) is 0.235. The number of nitrogens with one attached hydrogen (secondary N) is 2. The summed E-state index contributed by atoms with van der Waals surface area (Å²) < 4.78 is 12.4. The molecule has 0 fully saturated rings. The van der Waals surface area contributed by atoms with Gasteiger partial charge in [-0.3, -0.25) is 4.40 Å². The summed E-state index contributed by atoms with van der Waals surface area (Å²) in [4.78, 5) is 12.2. The smallest absolute Gasteiger partial charge is 0.319 e. The molecule has 0 bridgehead atoms. The highest BCUT2D eigenvalue weighted by Crippen LogP contribution is 2.23. The Hall–Kier alpha value is -3.13. The second-order valence-electron chi connectivity index (χ2n) is 5.19. The highest BCUT2D eigenvalue weighted by Gasteiger charge is 2.09. The molecule has 130 valence electrons. The number of anilines is 1. The first kappa shape index (κ1) is 16.7. The molecule has 2 aromatic heterocycles. The van der Waals surface area contributed by atoms with Crippen LogP contribution < -0.4 is 15.4 Å². The zero-order chi connectivity index (χ0) is 17.5. The fourth-order valence-corrected chi connectivity index (χ4v) is 2.27. The van der Waals surface area contributed by atoms with Gasteiger partial charge in [0.25, 0.3) is 0 Å². The molecule has 3 aromatic rings. The van der Waals surface area contributed by atoms with E-state index in [0.717, 1.165) is 5.65 Å². The van der Waals surface area contributed by atoms with Crippen molar-refractivity contribution in [3.8, 4) is 5.75 Å². The fourth-order valence-electron chi connectivity index (χ4n) is 2.27. The number of hydrogen-bond acceptors (Lipinski definition) is 5. The molecule has 2 heterocycles. The van der Waals surface area contributed by atoms with Crippen LogP contribution in [0.25, 0.3) is 5.65 Å². The number of nitrogens with zero attached hydrogens (tertiary/aromatic N) is 3. The number of aromatic nitrogens is 3. The lowest BCUT2D eigenvalue weighted by atomic mass is 10.3. The Balaban J connectivity index is 1.59. The van der Waals surface area contributed by atoms with Crippen LogP contribution >= 0.6 is 0 Å². The van der Waals surface area contributed by atoms with Gasteiger partial charge in [0.05, 0.1) is 18.8 Å². The van der Waals surface area contributed by atoms with E-state index in [1.54, 1.807) is 19.2 Å². The van der Waals surface area contributed by atoms with Crippen molar-refractivity contribution < 1.29 is 14.3 Å². The van der Waals surface area contributed by atoms with Crippen molar-refractivity contribution in [3.05, 3.63) is 54.5 Å². The van der Waals surface area contributed by atoms with Crippen LogP contribution in [0.5, 0.6) is 5.75 Å². The number of pyridine rings is 1. The number of methoxy groups -OCH3 is 1. The minimum absolute atomic E-state index is 0.254. The highest BCUT2D eigenvalue weighted by atomic mass is 16.5. The van der Waals surface area contributed by atoms with Crippen LogP contribution in [0.15, 0.2) is 48.7 Å². The predicted octanol–water partition coefficient (Wildman–Crippen LogP) is 2.08. The van der Waals surface area contributed by atoms with E-state index in [1.807, 2.05) is 40.9 Å². The number of hydrogen-bond donors (Lipinski definition) is 2. The van der Waals surface area contributed by atoms with Crippen LogP contribution in [-0.4, -0.2) is 41.0 Å². The third-order valence-corrected chi connectivity index (χ3v) is 3.47. The quantitative estimate of drug-likeness (QED) is 0.642. The van der Waals surface area contributed by atoms with E-state index >= 15 is 0 Å². The molecule has 25 heavy (non-hydrogen) atoms. The lowest BCUT2D eigenvalue weighted by Gasteiger charge is -2.12. The van der Waals surface area contributed by atoms with Gasteiger partial charge in [0.2, 0.25) is 0 Å². The van der Waals surface area contributed by atoms with Crippen LogP contribution in [-0.2, 0) is 11.3 Å². The maximum absolute atomic E-state index is 12.2. The third-order valence-electron chi connectivity index (χ3n) is 3.47. The number of amides is 2. The second kappa shape index (κ2) is 8.11. The second-order valence-corrected chi connectivity index (χ2v) is 5.19. The molecule has 0 atom stereocenters. The zero-order valence-electron chi connectivity index (χ0n) is 13.8. The Kier molecular flexibility index (Phi) is 5.43. The molecule has 2 amide bonds. The standard InChI is InChI=1S/C17H19N5O3/c1-24-10-11-25-14-7-3-2-6-13(14)19-17(23)18-12-16-21-20-15-8-4-5-9-22(15)16/h2-9H,10-12H2,1H3,(H2,18,19,23). The lowest BCUT2D eigenvalue weighted by Crippen LogP contribution is -2.29. The number of benzene rings is 1. The van der Waals surface area contributed by atoms with Crippen LogP contribution in [0.3, 0.4) is 0 Å². The number of fused-ring (bicyclic) bond motifs is 1. The number of carbonyl (C=O) groups is 1. The number of carbonyl (C=O) groups excluding carboxylic acids is 1. The molecule has 8 heteroatoms. The molecule has 8 nitrogen and oxygen atoms in total. The predicted molar refractivity (Wildman–Crippen MR) is 92.7 cm³/mol. The van der Waals surface area contributed by atoms with Crippen LogP contribution in [0.4, 0.5) is 10.5 Å². The summed E-state index contributed by atoms with van der Waals surface area (Å²) in [6.07, 6.45) is 1.85. The van der Waals surface area contributed by atoms with Gasteiger partial charge in [-0.15, -0.1) is 10.2 Å². The number of urea groups is 1. The number of ether oxygens (including phenoxy) is 2. The van der Waals surface area contributed by atoms with Crippen molar-refractivity contribution >= 4 is 17.4 Å². The first-order valence-corrected chi connectivity index (χ1v) is 7.82. The molecule has 0 radical (unpaired) electrons. The molecular weight excluding hydrogens is 322 g/mol. The molecule has 0 saturated heterocycles. The van der Waals surface area contributed by atoms with Crippen LogP contribution in [0.1, 0.15) is 5.82 Å². The Morgan fingerprint density at radius 3 is 2.84 bits per heavy atom. The summed E-state index contributed by atoms with van der Waals surface area (Å²) in [5.41, 5.74) is 1.32. The molecular formula is C17H19N5O3. The Labute approximate surface area is 144 Å². The highest BCUT2D eigenvalue weighted by molar-refractivity contribution is 5.90. The molecule has 2 N–H and O–H groups in total. The monoisotopic (exact) mass is 341 g/mol. The summed E-state index contributed by atoms with van der Waals surface area (Å²) >= 11 is 0. The molecule has 0 aliphatic heterocycles.